The average Bonchev–Trinajstić information content (AvgIpc) is 2.81. The van der Waals surface area contributed by atoms with E-state index in [1.54, 1.807) is 0 Å². The van der Waals surface area contributed by atoms with Gasteiger partial charge in [0.15, 0.2) is 0 Å². The molecule has 0 N–H and O–H groups in total. The second-order valence-corrected chi connectivity index (χ2v) is 5.25. The molecule has 1 saturated heterocycles. The summed E-state index contributed by atoms with van der Waals surface area (Å²) in [5, 5.41) is 0. The van der Waals surface area contributed by atoms with Crippen molar-refractivity contribution in [2.75, 3.05) is 13.1 Å². The Morgan fingerprint density at radius 2 is 1.87 bits per heavy atom. The van der Waals surface area contributed by atoms with Crippen LogP contribution < -0.4 is 0 Å². The van der Waals surface area contributed by atoms with Crippen LogP contribution in [0.3, 0.4) is 0 Å². The minimum Gasteiger partial charge on any atom is -0.368 e. The highest BCUT2D eigenvalue weighted by Crippen LogP contribution is 2.29. The molecule has 1 aromatic carbocycles. The molecule has 80 valence electrons. The molecule has 0 spiro atoms. The van der Waals surface area contributed by atoms with E-state index in [1.807, 2.05) is 0 Å². The van der Waals surface area contributed by atoms with Gasteiger partial charge in [-0.15, -0.1) is 0 Å². The average molecular weight is 201 g/mol. The molecule has 0 amide bonds. The molecular formula is C14H19N. The second kappa shape index (κ2) is 3.73. The summed E-state index contributed by atoms with van der Waals surface area (Å²) in [5.41, 5.74) is 3.05. The van der Waals surface area contributed by atoms with Gasteiger partial charge in [-0.1, -0.05) is 50.8 Å². The van der Waals surface area contributed by atoms with E-state index in [2.05, 4.69) is 55.7 Å². The summed E-state index contributed by atoms with van der Waals surface area (Å²) in [6.45, 7) is 10.8. The normalized spacial score (nSPS) is 15.6. The van der Waals surface area contributed by atoms with Gasteiger partial charge in [0, 0.05) is 12.2 Å². The lowest BCUT2D eigenvalue weighted by Gasteiger charge is -2.25. The Bertz CT molecular complexity index is 351. The van der Waals surface area contributed by atoms with E-state index in [4.69, 9.17) is 0 Å². The highest BCUT2D eigenvalue weighted by molar-refractivity contribution is 5.18. The Hall–Kier alpha value is -1.24. The van der Waals surface area contributed by atoms with Crippen LogP contribution in [-0.2, 0) is 6.42 Å². The maximum absolute atomic E-state index is 3.97. The number of hydrogen-bond donors (Lipinski definition) is 0. The van der Waals surface area contributed by atoms with Crippen molar-refractivity contribution in [2.24, 2.45) is 5.41 Å². The lowest BCUT2D eigenvalue weighted by Crippen LogP contribution is -2.24. The quantitative estimate of drug-likeness (QED) is 0.676. The first-order chi connectivity index (χ1) is 7.07. The molecule has 0 bridgehead atoms. The number of hydrogen-bond acceptors (Lipinski definition) is 1. The highest BCUT2D eigenvalue weighted by Gasteiger charge is 2.30. The van der Waals surface area contributed by atoms with Crippen molar-refractivity contribution in [2.45, 2.75) is 20.3 Å². The molecule has 1 fully saturated rings. The van der Waals surface area contributed by atoms with Gasteiger partial charge in [-0.3, -0.25) is 0 Å². The summed E-state index contributed by atoms with van der Waals surface area (Å²) in [4.78, 5) is 2.35. The molecule has 0 atom stereocenters. The molecule has 0 saturated carbocycles. The van der Waals surface area contributed by atoms with Crippen LogP contribution in [0.15, 0.2) is 42.6 Å². The Labute approximate surface area is 92.4 Å². The molecule has 0 unspecified atom stereocenters. The van der Waals surface area contributed by atoms with E-state index in [0.29, 0.717) is 5.41 Å². The Morgan fingerprint density at radius 1 is 1.27 bits per heavy atom. The molecular weight excluding hydrogens is 182 g/mol. The first kappa shape index (κ1) is 10.3. The van der Waals surface area contributed by atoms with Gasteiger partial charge in [0.1, 0.15) is 0 Å². The maximum atomic E-state index is 3.97. The molecule has 1 aliphatic rings. The van der Waals surface area contributed by atoms with Gasteiger partial charge < -0.3 is 4.90 Å². The van der Waals surface area contributed by atoms with Crippen LogP contribution in [0.2, 0.25) is 0 Å². The maximum Gasteiger partial charge on any atom is 0.0570 e. The van der Waals surface area contributed by atoms with Crippen molar-refractivity contribution >= 4 is 0 Å². The third-order valence-corrected chi connectivity index (χ3v) is 2.86. The van der Waals surface area contributed by atoms with Crippen LogP contribution >= 0.6 is 0 Å². The molecule has 0 aromatic heterocycles. The number of rotatable bonds is 4. The van der Waals surface area contributed by atoms with E-state index in [1.165, 1.54) is 11.3 Å². The summed E-state index contributed by atoms with van der Waals surface area (Å²) in [7, 11) is 0. The summed E-state index contributed by atoms with van der Waals surface area (Å²) < 4.78 is 0. The van der Waals surface area contributed by atoms with Crippen LogP contribution in [0, 0.1) is 5.41 Å². The highest BCUT2D eigenvalue weighted by atomic mass is 15.3. The summed E-state index contributed by atoms with van der Waals surface area (Å²) >= 11 is 0. The molecule has 1 aromatic rings. The van der Waals surface area contributed by atoms with Crippen molar-refractivity contribution < 1.29 is 0 Å². The van der Waals surface area contributed by atoms with Gasteiger partial charge in [-0.2, -0.15) is 0 Å². The first-order valence-electron chi connectivity index (χ1n) is 5.53. The predicted molar refractivity (Wildman–Crippen MR) is 64.6 cm³/mol. The fourth-order valence-corrected chi connectivity index (χ4v) is 2.07. The fraction of sp³-hybridized carbons (Fsp3) is 0.429. The Morgan fingerprint density at radius 3 is 2.40 bits per heavy atom. The summed E-state index contributed by atoms with van der Waals surface area (Å²) in [5.74, 6) is 0. The molecule has 0 radical (unpaired) electrons. The predicted octanol–water partition coefficient (Wildman–Crippen LogP) is 3.08. The minimum atomic E-state index is 0.334. The molecule has 1 heteroatoms. The zero-order chi connectivity index (χ0) is 10.9. The largest absolute Gasteiger partial charge is 0.368 e. The number of benzene rings is 1. The molecule has 15 heavy (non-hydrogen) atoms. The van der Waals surface area contributed by atoms with E-state index in [9.17, 15) is 0 Å². The zero-order valence-electron chi connectivity index (χ0n) is 9.66. The van der Waals surface area contributed by atoms with Crippen molar-refractivity contribution in [3.63, 3.8) is 0 Å². The Balaban J connectivity index is 1.95. The standard InChI is InChI=1S/C14H19N/c1-12-10-15(12)11-14(2,3)9-13-7-5-4-6-8-13/h4-8H,1,9-11H2,2-3H3. The fourth-order valence-electron chi connectivity index (χ4n) is 2.07. The van der Waals surface area contributed by atoms with Gasteiger partial charge in [0.05, 0.1) is 6.54 Å². The smallest absolute Gasteiger partial charge is 0.0570 e. The minimum absolute atomic E-state index is 0.334. The van der Waals surface area contributed by atoms with Crippen molar-refractivity contribution in [3.8, 4) is 0 Å². The van der Waals surface area contributed by atoms with Gasteiger partial charge in [-0.25, -0.2) is 0 Å². The second-order valence-electron chi connectivity index (χ2n) is 5.25. The van der Waals surface area contributed by atoms with Crippen LogP contribution in [0.4, 0.5) is 0 Å². The summed E-state index contributed by atoms with van der Waals surface area (Å²) in [6.07, 6.45) is 1.14. The molecule has 1 nitrogen and oxygen atoms in total. The van der Waals surface area contributed by atoms with Crippen molar-refractivity contribution in [1.29, 1.82) is 0 Å². The van der Waals surface area contributed by atoms with Gasteiger partial charge in [-0.05, 0) is 17.4 Å². The van der Waals surface area contributed by atoms with Gasteiger partial charge >= 0.3 is 0 Å². The third kappa shape index (κ3) is 2.85. The molecule has 0 aliphatic carbocycles. The monoisotopic (exact) mass is 201 g/mol. The summed E-state index contributed by atoms with van der Waals surface area (Å²) in [6, 6.07) is 10.7. The van der Waals surface area contributed by atoms with Crippen molar-refractivity contribution in [1.82, 2.24) is 4.90 Å². The molecule has 2 rings (SSSR count). The first-order valence-corrected chi connectivity index (χ1v) is 5.53. The van der Waals surface area contributed by atoms with E-state index >= 15 is 0 Å². The van der Waals surface area contributed by atoms with Crippen molar-refractivity contribution in [3.05, 3.63) is 48.2 Å². The topological polar surface area (TPSA) is 3.01 Å². The van der Waals surface area contributed by atoms with Crippen LogP contribution in [0.5, 0.6) is 0 Å². The van der Waals surface area contributed by atoms with E-state index < -0.39 is 0 Å². The van der Waals surface area contributed by atoms with Crippen LogP contribution in [0.1, 0.15) is 19.4 Å². The Kier molecular flexibility index (Phi) is 2.56. The van der Waals surface area contributed by atoms with Crippen LogP contribution in [0.25, 0.3) is 0 Å². The third-order valence-electron chi connectivity index (χ3n) is 2.86. The molecule has 1 aliphatic heterocycles. The van der Waals surface area contributed by atoms with Gasteiger partial charge in [0.2, 0.25) is 0 Å². The zero-order valence-corrected chi connectivity index (χ0v) is 9.66. The molecule has 1 heterocycles. The SMILES string of the molecule is C=C1CN1CC(C)(C)Cc1ccccc1. The van der Waals surface area contributed by atoms with E-state index in [-0.39, 0.29) is 0 Å². The van der Waals surface area contributed by atoms with Gasteiger partial charge in [0.25, 0.3) is 0 Å². The number of nitrogens with zero attached hydrogens (tertiary/aromatic N) is 1. The van der Waals surface area contributed by atoms with Crippen LogP contribution in [-0.4, -0.2) is 18.0 Å². The lowest BCUT2D eigenvalue weighted by molar-refractivity contribution is 0.297. The lowest BCUT2D eigenvalue weighted by atomic mass is 9.85. The van der Waals surface area contributed by atoms with E-state index in [0.717, 1.165) is 19.5 Å².